The Bertz CT molecular complexity index is 357. The number of benzene rings is 1. The van der Waals surface area contributed by atoms with Crippen molar-refractivity contribution in [3.8, 4) is 0 Å². The molecule has 0 bridgehead atoms. The Morgan fingerprint density at radius 2 is 2.20 bits per heavy atom. The van der Waals surface area contributed by atoms with E-state index in [1.807, 2.05) is 18.2 Å². The van der Waals surface area contributed by atoms with Crippen molar-refractivity contribution in [1.82, 2.24) is 4.31 Å². The number of carbonyl (C=O) groups is 1. The minimum absolute atomic E-state index is 0.320. The first-order valence-electron chi connectivity index (χ1n) is 4.55. The second-order valence-electron chi connectivity index (χ2n) is 3.20. The van der Waals surface area contributed by atoms with E-state index in [2.05, 4.69) is 4.74 Å². The Morgan fingerprint density at radius 3 is 2.80 bits per heavy atom. The van der Waals surface area contributed by atoms with Crippen LogP contribution in [0.15, 0.2) is 35.2 Å². The molecule has 1 aromatic rings. The van der Waals surface area contributed by atoms with E-state index < -0.39 is 11.4 Å². The molecular weight excluding hydrogens is 214 g/mol. The van der Waals surface area contributed by atoms with E-state index in [0.717, 1.165) is 0 Å². The van der Waals surface area contributed by atoms with E-state index in [4.69, 9.17) is 0 Å². The van der Waals surface area contributed by atoms with Crippen molar-refractivity contribution >= 4 is 17.3 Å². The van der Waals surface area contributed by atoms with Gasteiger partial charge in [-0.2, -0.15) is 0 Å². The van der Waals surface area contributed by atoms with E-state index in [1.54, 1.807) is 16.4 Å². The number of methoxy groups -OCH3 is 1. The minimum atomic E-state index is -1.24. The van der Waals surface area contributed by atoms with Gasteiger partial charge in [-0.25, -0.2) is 0 Å². The van der Waals surface area contributed by atoms with Gasteiger partial charge in [-0.1, -0.05) is 18.2 Å². The zero-order chi connectivity index (χ0) is 10.8. The summed E-state index contributed by atoms with van der Waals surface area (Å²) >= 11 is -1.24. The Morgan fingerprint density at radius 1 is 1.53 bits per heavy atom. The van der Waals surface area contributed by atoms with Crippen molar-refractivity contribution < 1.29 is 14.1 Å². The summed E-state index contributed by atoms with van der Waals surface area (Å²) in [6.07, 6.45) is 0. The molecule has 3 unspecified atom stereocenters. The highest BCUT2D eigenvalue weighted by Crippen LogP contribution is 2.28. The van der Waals surface area contributed by atoms with Gasteiger partial charge in [0.15, 0.2) is 10.9 Å². The van der Waals surface area contributed by atoms with Crippen LogP contribution in [0.5, 0.6) is 0 Å². The van der Waals surface area contributed by atoms with Crippen LogP contribution in [0.3, 0.4) is 0 Å². The standard InChI is InChI=1S/C10H11NO3S/c1-14-10(12)9-7-11(9)15(13)8-5-3-2-4-6-8/h2-6,9H,7H2,1H3. The van der Waals surface area contributed by atoms with Crippen LogP contribution < -0.4 is 0 Å². The molecule has 1 saturated heterocycles. The molecule has 0 aliphatic carbocycles. The summed E-state index contributed by atoms with van der Waals surface area (Å²) in [4.78, 5) is 11.8. The largest absolute Gasteiger partial charge is 0.593 e. The first-order valence-corrected chi connectivity index (χ1v) is 5.66. The van der Waals surface area contributed by atoms with E-state index in [-0.39, 0.29) is 12.0 Å². The molecule has 5 heteroatoms. The average molecular weight is 225 g/mol. The van der Waals surface area contributed by atoms with E-state index >= 15 is 0 Å². The number of esters is 1. The lowest BCUT2D eigenvalue weighted by molar-refractivity contribution is -0.140. The molecule has 0 radical (unpaired) electrons. The van der Waals surface area contributed by atoms with Crippen molar-refractivity contribution in [3.05, 3.63) is 30.3 Å². The van der Waals surface area contributed by atoms with Gasteiger partial charge in [-0.05, 0) is 12.1 Å². The van der Waals surface area contributed by atoms with Crippen LogP contribution >= 0.6 is 0 Å². The highest BCUT2D eigenvalue weighted by molar-refractivity contribution is 7.89. The highest BCUT2D eigenvalue weighted by Gasteiger charge is 2.51. The number of carbonyl (C=O) groups excluding carboxylic acids is 1. The zero-order valence-electron chi connectivity index (χ0n) is 8.25. The molecule has 0 amide bonds. The lowest BCUT2D eigenvalue weighted by atomic mass is 10.4. The lowest BCUT2D eigenvalue weighted by Crippen LogP contribution is -2.20. The fourth-order valence-corrected chi connectivity index (χ4v) is 2.56. The van der Waals surface area contributed by atoms with Crippen molar-refractivity contribution in [1.29, 1.82) is 0 Å². The molecule has 0 saturated carbocycles. The smallest absolute Gasteiger partial charge is 0.329 e. The predicted molar refractivity (Wildman–Crippen MR) is 55.4 cm³/mol. The molecule has 0 N–H and O–H groups in total. The highest BCUT2D eigenvalue weighted by atomic mass is 32.2. The molecule has 1 aliphatic heterocycles. The van der Waals surface area contributed by atoms with Crippen molar-refractivity contribution in [2.24, 2.45) is 0 Å². The van der Waals surface area contributed by atoms with Crippen LogP contribution in [0, 0.1) is 0 Å². The van der Waals surface area contributed by atoms with Crippen LogP contribution in [-0.2, 0) is 20.9 Å². The molecule has 3 atom stereocenters. The molecule has 15 heavy (non-hydrogen) atoms. The molecule has 0 spiro atoms. The van der Waals surface area contributed by atoms with E-state index in [9.17, 15) is 9.35 Å². The van der Waals surface area contributed by atoms with E-state index in [1.165, 1.54) is 7.11 Å². The molecule has 2 rings (SSSR count). The first-order chi connectivity index (χ1) is 7.24. The van der Waals surface area contributed by atoms with Gasteiger partial charge in [0.05, 0.1) is 25.0 Å². The van der Waals surface area contributed by atoms with Gasteiger partial charge in [-0.15, -0.1) is 4.31 Å². The number of rotatable bonds is 3. The Kier molecular flexibility index (Phi) is 2.95. The normalized spacial score (nSPS) is 25.7. The lowest BCUT2D eigenvalue weighted by Gasteiger charge is -2.09. The van der Waals surface area contributed by atoms with E-state index in [0.29, 0.717) is 11.4 Å². The Hall–Kier alpha value is -1.04. The monoisotopic (exact) mass is 225 g/mol. The van der Waals surface area contributed by atoms with Crippen LogP contribution in [0.1, 0.15) is 0 Å². The molecule has 4 nitrogen and oxygen atoms in total. The fourth-order valence-electron chi connectivity index (χ4n) is 1.31. The van der Waals surface area contributed by atoms with Gasteiger partial charge in [0.1, 0.15) is 0 Å². The van der Waals surface area contributed by atoms with Gasteiger partial charge >= 0.3 is 5.97 Å². The second-order valence-corrected chi connectivity index (χ2v) is 4.64. The predicted octanol–water partition coefficient (Wildman–Crippen LogP) is 0.566. The molecular formula is C10H11NO3S. The molecule has 1 aromatic carbocycles. The first kappa shape index (κ1) is 10.5. The van der Waals surface area contributed by atoms with Crippen LogP contribution in [0.2, 0.25) is 0 Å². The third kappa shape index (κ3) is 2.14. The SMILES string of the molecule is COC(=O)C1CN1[S+]([O-])c1ccccc1. The maximum atomic E-state index is 11.9. The summed E-state index contributed by atoms with van der Waals surface area (Å²) < 4.78 is 18.0. The maximum Gasteiger partial charge on any atom is 0.329 e. The quantitative estimate of drug-likeness (QED) is 0.428. The van der Waals surface area contributed by atoms with Gasteiger partial charge in [0, 0.05) is 0 Å². The fraction of sp³-hybridized carbons (Fsp3) is 0.300. The van der Waals surface area contributed by atoms with Crippen molar-refractivity contribution in [3.63, 3.8) is 0 Å². The summed E-state index contributed by atoms with van der Waals surface area (Å²) in [5.74, 6) is -0.320. The molecule has 80 valence electrons. The summed E-state index contributed by atoms with van der Waals surface area (Å²) in [5, 5.41) is 0. The summed E-state index contributed by atoms with van der Waals surface area (Å²) in [5.41, 5.74) is 0. The number of ether oxygens (including phenoxy) is 1. The molecule has 1 aliphatic rings. The topological polar surface area (TPSA) is 52.4 Å². The molecule has 0 aromatic heterocycles. The van der Waals surface area contributed by atoms with Crippen LogP contribution in [0.25, 0.3) is 0 Å². The van der Waals surface area contributed by atoms with Gasteiger partial charge in [0.2, 0.25) is 0 Å². The van der Waals surface area contributed by atoms with Crippen molar-refractivity contribution in [2.75, 3.05) is 13.7 Å². The summed E-state index contributed by atoms with van der Waals surface area (Å²) in [7, 11) is 1.34. The number of nitrogens with zero attached hydrogens (tertiary/aromatic N) is 1. The number of hydrogen-bond donors (Lipinski definition) is 0. The maximum absolute atomic E-state index is 11.9. The van der Waals surface area contributed by atoms with Gasteiger partial charge in [-0.3, -0.25) is 4.79 Å². The van der Waals surface area contributed by atoms with Crippen molar-refractivity contribution in [2.45, 2.75) is 10.9 Å². The molecule has 1 heterocycles. The Labute approximate surface area is 91.2 Å². The summed E-state index contributed by atoms with van der Waals surface area (Å²) in [6, 6.07) is 8.73. The third-order valence-corrected chi connectivity index (χ3v) is 3.70. The molecule has 1 fully saturated rings. The third-order valence-electron chi connectivity index (χ3n) is 2.20. The van der Waals surface area contributed by atoms with Crippen LogP contribution in [0.4, 0.5) is 0 Å². The van der Waals surface area contributed by atoms with Crippen LogP contribution in [-0.4, -0.2) is 34.5 Å². The number of hydrogen-bond acceptors (Lipinski definition) is 4. The average Bonchev–Trinajstić information content (AvgIpc) is 3.08. The van der Waals surface area contributed by atoms with Gasteiger partial charge < -0.3 is 9.29 Å². The van der Waals surface area contributed by atoms with Gasteiger partial charge in [0.25, 0.3) is 0 Å². The minimum Gasteiger partial charge on any atom is -0.593 e. The Balaban J connectivity index is 2.00. The zero-order valence-corrected chi connectivity index (χ0v) is 9.07. The second kappa shape index (κ2) is 4.22. The summed E-state index contributed by atoms with van der Waals surface area (Å²) in [6.45, 7) is 0.508.